The molecule has 0 aromatic carbocycles. The lowest BCUT2D eigenvalue weighted by Gasteiger charge is -1.94. The number of carboxylic acid groups (broad SMARTS) is 1. The Morgan fingerprint density at radius 2 is 2.43 bits per heavy atom. The van der Waals surface area contributed by atoms with Gasteiger partial charge in [0, 0.05) is 0 Å². The summed E-state index contributed by atoms with van der Waals surface area (Å²) in [7, 11) is 0. The van der Waals surface area contributed by atoms with Crippen molar-refractivity contribution in [2.75, 3.05) is 0 Å². The van der Waals surface area contributed by atoms with E-state index in [1.54, 1.807) is 0 Å². The molecule has 14 heavy (non-hydrogen) atoms. The first kappa shape index (κ1) is 8.49. The Balaban J connectivity index is 2.58. The maximum Gasteiger partial charge on any atom is 0.311 e. The number of carbonyl (C=O) groups is 1. The summed E-state index contributed by atoms with van der Waals surface area (Å²) >= 11 is 0. The fourth-order valence-electron chi connectivity index (χ4n) is 1.14. The molecule has 6 heteroatoms. The minimum absolute atomic E-state index is 0.0879. The third kappa shape index (κ3) is 1.37. The predicted octanol–water partition coefficient (Wildman–Crippen LogP) is 0.143. The van der Waals surface area contributed by atoms with Crippen LogP contribution in [0.5, 0.6) is 0 Å². The van der Waals surface area contributed by atoms with Crippen molar-refractivity contribution < 1.29 is 14.3 Å². The minimum atomic E-state index is -1.06. The molecule has 2 aromatic heterocycles. The minimum Gasteiger partial charge on any atom is -0.481 e. The molecule has 6 nitrogen and oxygen atoms in total. The fraction of sp³-hybridized carbons (Fsp3) is 0.125. The first-order valence-corrected chi connectivity index (χ1v) is 3.85. The third-order valence-corrected chi connectivity index (χ3v) is 1.70. The summed E-state index contributed by atoms with van der Waals surface area (Å²) in [5.74, 6) is -0.969. The van der Waals surface area contributed by atoms with Gasteiger partial charge in [-0.1, -0.05) is 0 Å². The predicted molar refractivity (Wildman–Crippen MR) is 46.0 cm³/mol. The highest BCUT2D eigenvalue weighted by Crippen LogP contribution is 2.07. The third-order valence-electron chi connectivity index (χ3n) is 1.70. The van der Waals surface area contributed by atoms with Crippen molar-refractivity contribution in [2.24, 2.45) is 0 Å². The molecule has 2 N–H and O–H groups in total. The van der Waals surface area contributed by atoms with E-state index >= 15 is 0 Å². The topological polar surface area (TPSA) is 96.2 Å². The number of nitrogens with zero attached hydrogens (tertiary/aromatic N) is 1. The monoisotopic (exact) mass is 194 g/mol. The second-order valence-corrected chi connectivity index (χ2v) is 2.72. The van der Waals surface area contributed by atoms with Gasteiger partial charge < -0.3 is 14.5 Å². The smallest absolute Gasteiger partial charge is 0.311 e. The van der Waals surface area contributed by atoms with Crippen molar-refractivity contribution in [3.05, 3.63) is 28.5 Å². The number of hydrogen-bond acceptors (Lipinski definition) is 4. The number of aromatic nitrogens is 2. The summed E-state index contributed by atoms with van der Waals surface area (Å²) in [5.41, 5.74) is -0.231. The van der Waals surface area contributed by atoms with Crippen molar-refractivity contribution in [1.82, 2.24) is 9.97 Å². The molecular weight excluding hydrogens is 188 g/mol. The summed E-state index contributed by atoms with van der Waals surface area (Å²) in [5, 5.41) is 8.81. The molecule has 0 amide bonds. The number of hydrogen-bond donors (Lipinski definition) is 2. The molecule has 0 saturated carbocycles. The van der Waals surface area contributed by atoms with Crippen molar-refractivity contribution in [2.45, 2.75) is 6.42 Å². The van der Waals surface area contributed by atoms with Crippen LogP contribution in [0.4, 0.5) is 0 Å². The van der Waals surface area contributed by atoms with Crippen molar-refractivity contribution in [3.63, 3.8) is 0 Å². The Hall–Kier alpha value is -2.11. The van der Waals surface area contributed by atoms with Gasteiger partial charge in [-0.3, -0.25) is 9.59 Å². The largest absolute Gasteiger partial charge is 0.481 e. The molecule has 0 aliphatic rings. The molecule has 0 spiro atoms. The normalized spacial score (nSPS) is 10.6. The van der Waals surface area contributed by atoms with Crippen LogP contribution in [0.15, 0.2) is 21.5 Å². The number of H-pyrrole nitrogens is 1. The standard InChI is InChI=1S/C8H6N2O4/c11-6(12)3-5-9-7(13)4-1-2-14-8(4)10-5/h1-2H,3H2,(H,11,12)(H,9,10,13). The molecule has 2 rings (SSSR count). The maximum atomic E-state index is 11.3. The van der Waals surface area contributed by atoms with Crippen LogP contribution in [0.2, 0.25) is 0 Å². The van der Waals surface area contributed by atoms with Crippen molar-refractivity contribution >= 4 is 17.1 Å². The summed E-state index contributed by atoms with van der Waals surface area (Å²) in [6.07, 6.45) is 1.00. The van der Waals surface area contributed by atoms with Crippen LogP contribution < -0.4 is 5.56 Å². The number of aliphatic carboxylic acids is 1. The molecule has 2 heterocycles. The zero-order valence-corrected chi connectivity index (χ0v) is 6.98. The molecule has 2 aromatic rings. The van der Waals surface area contributed by atoms with Crippen LogP contribution in [0.3, 0.4) is 0 Å². The first-order chi connectivity index (χ1) is 6.66. The Kier molecular flexibility index (Phi) is 1.81. The fourth-order valence-corrected chi connectivity index (χ4v) is 1.14. The Morgan fingerprint density at radius 1 is 1.64 bits per heavy atom. The molecule has 0 unspecified atom stereocenters. The van der Waals surface area contributed by atoms with Gasteiger partial charge in [0.15, 0.2) is 0 Å². The Bertz CT molecular complexity index is 540. The van der Waals surface area contributed by atoms with E-state index in [1.165, 1.54) is 12.3 Å². The second-order valence-electron chi connectivity index (χ2n) is 2.72. The van der Waals surface area contributed by atoms with Crippen LogP contribution in [0.25, 0.3) is 11.1 Å². The number of fused-ring (bicyclic) bond motifs is 1. The van der Waals surface area contributed by atoms with Gasteiger partial charge in [0.2, 0.25) is 5.71 Å². The molecule has 0 radical (unpaired) electrons. The van der Waals surface area contributed by atoms with Crippen LogP contribution in [-0.4, -0.2) is 21.0 Å². The SMILES string of the molecule is O=C(O)Cc1nc2occc2c(=O)[nH]1. The quantitative estimate of drug-likeness (QED) is 0.708. The molecule has 0 aliphatic heterocycles. The molecule has 0 atom stereocenters. The van der Waals surface area contributed by atoms with E-state index in [0.717, 1.165) is 0 Å². The number of rotatable bonds is 2. The van der Waals surface area contributed by atoms with Gasteiger partial charge in [-0.05, 0) is 6.07 Å². The second kappa shape index (κ2) is 2.99. The van der Waals surface area contributed by atoms with E-state index < -0.39 is 5.97 Å². The summed E-state index contributed by atoms with van der Waals surface area (Å²) in [4.78, 5) is 27.8. The summed E-state index contributed by atoms with van der Waals surface area (Å²) in [6, 6.07) is 1.48. The zero-order chi connectivity index (χ0) is 10.1. The van der Waals surface area contributed by atoms with Gasteiger partial charge in [0.25, 0.3) is 5.56 Å². The zero-order valence-electron chi connectivity index (χ0n) is 6.98. The Morgan fingerprint density at radius 3 is 3.14 bits per heavy atom. The summed E-state index contributed by atoms with van der Waals surface area (Å²) in [6.45, 7) is 0. The van der Waals surface area contributed by atoms with E-state index in [0.29, 0.717) is 5.39 Å². The van der Waals surface area contributed by atoms with E-state index in [-0.39, 0.29) is 23.5 Å². The lowest BCUT2D eigenvalue weighted by atomic mass is 10.3. The van der Waals surface area contributed by atoms with Crippen LogP contribution in [-0.2, 0) is 11.2 Å². The number of carboxylic acids is 1. The lowest BCUT2D eigenvalue weighted by Crippen LogP contribution is -2.13. The van der Waals surface area contributed by atoms with Crippen LogP contribution >= 0.6 is 0 Å². The first-order valence-electron chi connectivity index (χ1n) is 3.85. The van der Waals surface area contributed by atoms with E-state index in [9.17, 15) is 9.59 Å². The number of aromatic amines is 1. The van der Waals surface area contributed by atoms with Gasteiger partial charge in [-0.25, -0.2) is 0 Å². The highest BCUT2D eigenvalue weighted by atomic mass is 16.4. The molecular formula is C8H6N2O4. The average Bonchev–Trinajstić information content (AvgIpc) is 2.50. The van der Waals surface area contributed by atoms with Gasteiger partial charge in [0.05, 0.1) is 6.26 Å². The number of furan rings is 1. The highest BCUT2D eigenvalue weighted by Gasteiger charge is 2.08. The summed E-state index contributed by atoms with van der Waals surface area (Å²) < 4.78 is 4.90. The van der Waals surface area contributed by atoms with Gasteiger partial charge in [-0.2, -0.15) is 4.98 Å². The van der Waals surface area contributed by atoms with Gasteiger partial charge in [0.1, 0.15) is 17.6 Å². The van der Waals surface area contributed by atoms with Gasteiger partial charge in [-0.15, -0.1) is 0 Å². The van der Waals surface area contributed by atoms with E-state index in [1.807, 2.05) is 0 Å². The molecule has 0 aliphatic carbocycles. The van der Waals surface area contributed by atoms with Crippen molar-refractivity contribution in [1.29, 1.82) is 0 Å². The molecule has 72 valence electrons. The van der Waals surface area contributed by atoms with Gasteiger partial charge >= 0.3 is 5.97 Å². The average molecular weight is 194 g/mol. The molecule has 0 saturated heterocycles. The maximum absolute atomic E-state index is 11.3. The highest BCUT2D eigenvalue weighted by molar-refractivity contribution is 5.73. The molecule has 0 bridgehead atoms. The number of nitrogens with one attached hydrogen (secondary N) is 1. The van der Waals surface area contributed by atoms with Crippen molar-refractivity contribution in [3.8, 4) is 0 Å². The van der Waals surface area contributed by atoms with Crippen LogP contribution in [0.1, 0.15) is 5.82 Å². The Labute approximate surface area is 77.2 Å². The lowest BCUT2D eigenvalue weighted by molar-refractivity contribution is -0.136. The van der Waals surface area contributed by atoms with E-state index in [4.69, 9.17) is 9.52 Å². The van der Waals surface area contributed by atoms with Crippen LogP contribution in [0, 0.1) is 0 Å². The molecule has 0 fully saturated rings. The van der Waals surface area contributed by atoms with E-state index in [2.05, 4.69) is 9.97 Å².